The molecule has 0 amide bonds. The molecule has 0 saturated carbocycles. The van der Waals surface area contributed by atoms with Gasteiger partial charge in [-0.2, -0.15) is 5.10 Å². The van der Waals surface area contributed by atoms with E-state index in [4.69, 9.17) is 11.6 Å². The van der Waals surface area contributed by atoms with Gasteiger partial charge in [-0.1, -0.05) is 24.8 Å². The zero-order valence-electron chi connectivity index (χ0n) is 11.2. The van der Waals surface area contributed by atoms with Gasteiger partial charge in [-0.3, -0.25) is 5.10 Å². The predicted octanol–water partition coefficient (Wildman–Crippen LogP) is 3.61. The van der Waals surface area contributed by atoms with Crippen LogP contribution in [-0.2, 0) is 0 Å². The number of hydrogen-bond donors (Lipinski definition) is 3. The maximum Gasteiger partial charge on any atom is 0.160 e. The van der Waals surface area contributed by atoms with E-state index in [1.807, 2.05) is 0 Å². The summed E-state index contributed by atoms with van der Waals surface area (Å²) in [5, 5.41) is 12.6. The number of rotatable bonds is 5. The molecule has 0 fully saturated rings. The second-order valence-electron chi connectivity index (χ2n) is 4.25. The molecule has 0 saturated heterocycles. The van der Waals surface area contributed by atoms with Gasteiger partial charge in [0.1, 0.15) is 0 Å². The predicted molar refractivity (Wildman–Crippen MR) is 80.7 cm³/mol. The van der Waals surface area contributed by atoms with E-state index >= 15 is 0 Å². The maximum atomic E-state index is 13.3. The van der Waals surface area contributed by atoms with Crippen LogP contribution in [0, 0.1) is 11.6 Å². The Bertz CT molecular complexity index is 709. The molecule has 21 heavy (non-hydrogen) atoms. The zero-order valence-corrected chi connectivity index (χ0v) is 12.0. The second kappa shape index (κ2) is 5.97. The normalized spacial score (nSPS) is 10.3. The van der Waals surface area contributed by atoms with Crippen LogP contribution in [0.3, 0.4) is 0 Å². The van der Waals surface area contributed by atoms with Gasteiger partial charge in [0.2, 0.25) is 0 Å². The fourth-order valence-corrected chi connectivity index (χ4v) is 1.92. The SMILES string of the molecule is C=C(NC)c1cc(NC(=C)c2cc(F)c(F)cc2Cl)n[nH]1. The molecular formula is C14H13ClF2N4. The fraction of sp³-hybridized carbons (Fsp3) is 0.0714. The van der Waals surface area contributed by atoms with Crippen LogP contribution < -0.4 is 10.6 Å². The lowest BCUT2D eigenvalue weighted by molar-refractivity contribution is 0.508. The van der Waals surface area contributed by atoms with Crippen LogP contribution in [0.1, 0.15) is 11.3 Å². The molecule has 3 N–H and O–H groups in total. The minimum atomic E-state index is -1.01. The number of H-pyrrole nitrogens is 1. The van der Waals surface area contributed by atoms with Crippen molar-refractivity contribution in [2.75, 3.05) is 12.4 Å². The van der Waals surface area contributed by atoms with Crippen molar-refractivity contribution in [2.24, 2.45) is 0 Å². The maximum absolute atomic E-state index is 13.3. The minimum Gasteiger partial charge on any atom is -0.387 e. The molecule has 0 aliphatic carbocycles. The number of aromatic amines is 1. The summed E-state index contributed by atoms with van der Waals surface area (Å²) in [6.07, 6.45) is 0. The average molecular weight is 311 g/mol. The highest BCUT2D eigenvalue weighted by Crippen LogP contribution is 2.26. The Labute approximate surface area is 125 Å². The molecule has 1 heterocycles. The van der Waals surface area contributed by atoms with Crippen molar-refractivity contribution in [3.63, 3.8) is 0 Å². The van der Waals surface area contributed by atoms with Crippen molar-refractivity contribution in [1.29, 1.82) is 0 Å². The number of halogens is 3. The second-order valence-corrected chi connectivity index (χ2v) is 4.65. The van der Waals surface area contributed by atoms with Crippen LogP contribution in [0.25, 0.3) is 11.4 Å². The number of nitrogens with one attached hydrogen (secondary N) is 3. The van der Waals surface area contributed by atoms with E-state index in [1.54, 1.807) is 13.1 Å². The molecule has 2 rings (SSSR count). The van der Waals surface area contributed by atoms with Gasteiger partial charge in [0.15, 0.2) is 17.5 Å². The molecule has 0 radical (unpaired) electrons. The molecule has 1 aromatic carbocycles. The number of aromatic nitrogens is 2. The molecule has 1 aromatic heterocycles. The monoisotopic (exact) mass is 310 g/mol. The molecule has 110 valence electrons. The van der Waals surface area contributed by atoms with Crippen molar-refractivity contribution < 1.29 is 8.78 Å². The molecule has 2 aromatic rings. The molecule has 7 heteroatoms. The standard InChI is InChI=1S/C14H13ClF2N4/c1-7(9-4-11(16)12(17)5-10(9)15)19-14-6-13(20-21-14)8(2)18-3/h4-6,18H,1-2H2,3H3,(H2,19,20,21). The molecule has 0 spiro atoms. The molecule has 0 unspecified atom stereocenters. The van der Waals surface area contributed by atoms with E-state index in [2.05, 4.69) is 34.0 Å². The van der Waals surface area contributed by atoms with E-state index in [0.717, 1.165) is 12.1 Å². The Morgan fingerprint density at radius 3 is 2.52 bits per heavy atom. The Morgan fingerprint density at radius 1 is 1.19 bits per heavy atom. The highest BCUT2D eigenvalue weighted by Gasteiger charge is 2.12. The smallest absolute Gasteiger partial charge is 0.160 e. The summed E-state index contributed by atoms with van der Waals surface area (Å²) in [5.41, 5.74) is 1.90. The van der Waals surface area contributed by atoms with Gasteiger partial charge >= 0.3 is 0 Å². The number of anilines is 1. The fourth-order valence-electron chi connectivity index (χ4n) is 1.65. The van der Waals surface area contributed by atoms with Gasteiger partial charge in [-0.25, -0.2) is 8.78 Å². The van der Waals surface area contributed by atoms with E-state index < -0.39 is 11.6 Å². The van der Waals surface area contributed by atoms with E-state index in [9.17, 15) is 8.78 Å². The van der Waals surface area contributed by atoms with Crippen molar-refractivity contribution in [1.82, 2.24) is 15.5 Å². The average Bonchev–Trinajstić information content (AvgIpc) is 2.90. The topological polar surface area (TPSA) is 52.7 Å². The lowest BCUT2D eigenvalue weighted by Crippen LogP contribution is -2.02. The van der Waals surface area contributed by atoms with E-state index in [-0.39, 0.29) is 10.6 Å². The Morgan fingerprint density at radius 2 is 1.86 bits per heavy atom. The van der Waals surface area contributed by atoms with Gasteiger partial charge in [0.25, 0.3) is 0 Å². The molecular weight excluding hydrogens is 298 g/mol. The van der Waals surface area contributed by atoms with Crippen molar-refractivity contribution in [3.05, 3.63) is 59.3 Å². The first-order valence-electron chi connectivity index (χ1n) is 5.95. The highest BCUT2D eigenvalue weighted by molar-refractivity contribution is 6.32. The first-order chi connectivity index (χ1) is 9.92. The molecule has 0 aliphatic rings. The summed E-state index contributed by atoms with van der Waals surface area (Å²) < 4.78 is 26.3. The van der Waals surface area contributed by atoms with Crippen LogP contribution in [0.2, 0.25) is 5.02 Å². The summed E-state index contributed by atoms with van der Waals surface area (Å²) in [5.74, 6) is -1.56. The molecule has 0 aliphatic heterocycles. The van der Waals surface area contributed by atoms with Gasteiger partial charge in [0, 0.05) is 24.4 Å². The van der Waals surface area contributed by atoms with Crippen molar-refractivity contribution in [2.45, 2.75) is 0 Å². The lowest BCUT2D eigenvalue weighted by atomic mass is 10.1. The van der Waals surface area contributed by atoms with Gasteiger partial charge in [0.05, 0.1) is 16.4 Å². The van der Waals surface area contributed by atoms with E-state index in [0.29, 0.717) is 22.9 Å². The highest BCUT2D eigenvalue weighted by atomic mass is 35.5. The van der Waals surface area contributed by atoms with Crippen LogP contribution in [-0.4, -0.2) is 17.2 Å². The first kappa shape index (κ1) is 15.1. The Kier molecular flexibility index (Phi) is 4.28. The largest absolute Gasteiger partial charge is 0.387 e. The molecule has 0 atom stereocenters. The first-order valence-corrected chi connectivity index (χ1v) is 6.33. The lowest BCUT2D eigenvalue weighted by Gasteiger charge is -2.09. The molecule has 0 bridgehead atoms. The van der Waals surface area contributed by atoms with Crippen molar-refractivity contribution >= 4 is 28.8 Å². The van der Waals surface area contributed by atoms with Crippen LogP contribution in [0.4, 0.5) is 14.6 Å². The van der Waals surface area contributed by atoms with Crippen LogP contribution in [0.5, 0.6) is 0 Å². The van der Waals surface area contributed by atoms with Crippen LogP contribution in [0.15, 0.2) is 31.4 Å². The minimum absolute atomic E-state index is 0.0572. The molecule has 4 nitrogen and oxygen atoms in total. The van der Waals surface area contributed by atoms with Gasteiger partial charge < -0.3 is 10.6 Å². The number of benzene rings is 1. The zero-order chi connectivity index (χ0) is 15.6. The third-order valence-corrected chi connectivity index (χ3v) is 3.13. The van der Waals surface area contributed by atoms with Crippen LogP contribution >= 0.6 is 11.6 Å². The van der Waals surface area contributed by atoms with E-state index in [1.165, 1.54) is 0 Å². The summed E-state index contributed by atoms with van der Waals surface area (Å²) in [6, 6.07) is 3.57. The number of hydrogen-bond acceptors (Lipinski definition) is 3. The van der Waals surface area contributed by atoms with Gasteiger partial charge in [-0.15, -0.1) is 0 Å². The third kappa shape index (κ3) is 3.22. The summed E-state index contributed by atoms with van der Waals surface area (Å²) >= 11 is 5.88. The Hall–Kier alpha value is -2.34. The Balaban J connectivity index is 2.20. The van der Waals surface area contributed by atoms with Crippen molar-refractivity contribution in [3.8, 4) is 0 Å². The summed E-state index contributed by atoms with van der Waals surface area (Å²) in [4.78, 5) is 0. The summed E-state index contributed by atoms with van der Waals surface area (Å²) in [7, 11) is 1.73. The summed E-state index contributed by atoms with van der Waals surface area (Å²) in [6.45, 7) is 7.53. The number of nitrogens with zero attached hydrogens (tertiary/aromatic N) is 1. The van der Waals surface area contributed by atoms with Gasteiger partial charge in [-0.05, 0) is 12.1 Å². The quantitative estimate of drug-likeness (QED) is 0.739. The third-order valence-electron chi connectivity index (χ3n) is 2.82.